The Balaban J connectivity index is 1.62. The summed E-state index contributed by atoms with van der Waals surface area (Å²) in [5.74, 6) is 2.05. The number of fused-ring (bicyclic) bond motifs is 4. The maximum atomic E-state index is 11.9. The van der Waals surface area contributed by atoms with Gasteiger partial charge in [-0.15, -0.1) is 0 Å². The summed E-state index contributed by atoms with van der Waals surface area (Å²) in [6.45, 7) is 3.44. The van der Waals surface area contributed by atoms with Crippen LogP contribution in [-0.4, -0.2) is 40.0 Å². The number of rotatable bonds is 2. The molecular formula is C22H33NO4S. The first-order valence-electron chi connectivity index (χ1n) is 10.7. The predicted octanol–water partition coefficient (Wildman–Crippen LogP) is 3.76. The molecule has 156 valence electrons. The van der Waals surface area contributed by atoms with Crippen LogP contribution in [0.15, 0.2) is 18.2 Å². The van der Waals surface area contributed by atoms with E-state index in [1.807, 2.05) is 0 Å². The molecule has 6 heteroatoms. The molecule has 2 heterocycles. The maximum absolute atomic E-state index is 11.9. The Morgan fingerprint density at radius 3 is 2.57 bits per heavy atom. The molecule has 0 saturated heterocycles. The van der Waals surface area contributed by atoms with Crippen LogP contribution in [0, 0.1) is 18.8 Å². The molecule has 0 aromatic heterocycles. The van der Waals surface area contributed by atoms with Gasteiger partial charge in [0.25, 0.3) is 0 Å². The normalized spacial score (nSPS) is 33.7. The van der Waals surface area contributed by atoms with E-state index >= 15 is 0 Å². The highest BCUT2D eigenvalue weighted by Crippen LogP contribution is 2.42. The van der Waals surface area contributed by atoms with E-state index in [1.165, 1.54) is 17.4 Å². The Labute approximate surface area is 169 Å². The Morgan fingerprint density at radius 2 is 1.82 bits per heavy atom. The SMILES string of the molecule is Cc1cccc2c1C1CCC(CC1)OC[C@@H]1C(CCC[C@@H]1NS(C)(=O)=O)CO2. The van der Waals surface area contributed by atoms with Gasteiger partial charge in [0.2, 0.25) is 10.0 Å². The first-order chi connectivity index (χ1) is 13.4. The standard InChI is InChI=1S/C22H33NO4S/c1-15-5-3-8-21-22(15)16-9-11-18(12-10-16)26-14-19-17(13-27-21)6-4-7-20(19)23-28(2,24)25/h3,5,8,16-20,23H,4,6-7,9-14H2,1-2H3/t16?,17?,18?,19-,20+/m1/s1. The molecule has 1 aromatic carbocycles. The highest BCUT2D eigenvalue weighted by molar-refractivity contribution is 7.88. The second-order valence-corrected chi connectivity index (χ2v) is 10.7. The molecule has 2 aliphatic heterocycles. The topological polar surface area (TPSA) is 64.6 Å². The molecule has 1 aromatic rings. The van der Waals surface area contributed by atoms with E-state index in [0.717, 1.165) is 50.7 Å². The summed E-state index contributed by atoms with van der Waals surface area (Å²) in [7, 11) is -3.24. The van der Waals surface area contributed by atoms with Crippen molar-refractivity contribution in [1.29, 1.82) is 0 Å². The van der Waals surface area contributed by atoms with Gasteiger partial charge < -0.3 is 9.47 Å². The van der Waals surface area contributed by atoms with E-state index in [2.05, 4.69) is 29.8 Å². The molecule has 2 saturated carbocycles. The molecule has 5 rings (SSSR count). The van der Waals surface area contributed by atoms with Gasteiger partial charge in [-0.2, -0.15) is 0 Å². The van der Waals surface area contributed by atoms with Crippen molar-refractivity contribution >= 4 is 10.0 Å². The van der Waals surface area contributed by atoms with Crippen LogP contribution in [0.2, 0.25) is 0 Å². The lowest BCUT2D eigenvalue weighted by Crippen LogP contribution is -2.48. The fourth-order valence-corrected chi connectivity index (χ4v) is 6.34. The lowest BCUT2D eigenvalue weighted by Gasteiger charge is -2.40. The summed E-state index contributed by atoms with van der Waals surface area (Å²) in [6, 6.07) is 6.32. The third-order valence-electron chi connectivity index (χ3n) is 6.92. The fourth-order valence-electron chi connectivity index (χ4n) is 5.50. The van der Waals surface area contributed by atoms with Crippen molar-refractivity contribution in [2.75, 3.05) is 19.5 Å². The van der Waals surface area contributed by atoms with Gasteiger partial charge in [0.05, 0.1) is 25.6 Å². The molecule has 2 bridgehead atoms. The second-order valence-electron chi connectivity index (χ2n) is 8.96. The molecule has 2 fully saturated rings. The van der Waals surface area contributed by atoms with Crippen LogP contribution >= 0.6 is 0 Å². The largest absolute Gasteiger partial charge is 0.493 e. The lowest BCUT2D eigenvalue weighted by atomic mass is 9.76. The number of sulfonamides is 1. The summed E-state index contributed by atoms with van der Waals surface area (Å²) in [5, 5.41) is 0. The number of nitrogens with one attached hydrogen (secondary N) is 1. The van der Waals surface area contributed by atoms with Crippen molar-refractivity contribution in [3.63, 3.8) is 0 Å². The smallest absolute Gasteiger partial charge is 0.208 e. The fraction of sp³-hybridized carbons (Fsp3) is 0.727. The predicted molar refractivity (Wildman–Crippen MR) is 110 cm³/mol. The zero-order valence-corrected chi connectivity index (χ0v) is 17.8. The Bertz CT molecular complexity index is 786. The number of hydrogen-bond donors (Lipinski definition) is 1. The minimum atomic E-state index is -3.24. The first-order valence-corrected chi connectivity index (χ1v) is 12.6. The number of benzene rings is 1. The van der Waals surface area contributed by atoms with Gasteiger partial charge in [0, 0.05) is 17.5 Å². The van der Waals surface area contributed by atoms with E-state index in [4.69, 9.17) is 9.47 Å². The molecule has 1 unspecified atom stereocenters. The van der Waals surface area contributed by atoms with Crippen LogP contribution in [-0.2, 0) is 14.8 Å². The van der Waals surface area contributed by atoms with Crippen LogP contribution in [0.3, 0.4) is 0 Å². The van der Waals surface area contributed by atoms with Crippen LogP contribution in [0.4, 0.5) is 0 Å². The van der Waals surface area contributed by atoms with E-state index in [1.54, 1.807) is 0 Å². The zero-order valence-electron chi connectivity index (χ0n) is 17.0. The van der Waals surface area contributed by atoms with Crippen molar-refractivity contribution in [3.05, 3.63) is 29.3 Å². The van der Waals surface area contributed by atoms with Gasteiger partial charge in [-0.05, 0) is 68.9 Å². The molecule has 3 atom stereocenters. The van der Waals surface area contributed by atoms with Crippen molar-refractivity contribution in [1.82, 2.24) is 4.72 Å². The monoisotopic (exact) mass is 407 g/mol. The zero-order chi connectivity index (χ0) is 19.7. The molecule has 1 N–H and O–H groups in total. The van der Waals surface area contributed by atoms with Gasteiger partial charge in [0.1, 0.15) is 5.75 Å². The molecule has 2 aliphatic carbocycles. The maximum Gasteiger partial charge on any atom is 0.208 e. The molecule has 28 heavy (non-hydrogen) atoms. The average Bonchev–Trinajstić information content (AvgIpc) is 2.64. The third-order valence-corrected chi connectivity index (χ3v) is 7.65. The van der Waals surface area contributed by atoms with Crippen molar-refractivity contribution in [2.24, 2.45) is 11.8 Å². The summed E-state index contributed by atoms with van der Waals surface area (Å²) >= 11 is 0. The van der Waals surface area contributed by atoms with Crippen LogP contribution in [0.1, 0.15) is 62.0 Å². The Hall–Kier alpha value is -1.11. The van der Waals surface area contributed by atoms with Crippen LogP contribution < -0.4 is 9.46 Å². The van der Waals surface area contributed by atoms with Gasteiger partial charge in [0.15, 0.2) is 0 Å². The van der Waals surface area contributed by atoms with Gasteiger partial charge >= 0.3 is 0 Å². The average molecular weight is 408 g/mol. The molecule has 0 amide bonds. The summed E-state index contributed by atoms with van der Waals surface area (Å²) in [6.07, 6.45) is 8.90. The lowest BCUT2D eigenvalue weighted by molar-refractivity contribution is -0.0298. The van der Waals surface area contributed by atoms with Crippen LogP contribution in [0.5, 0.6) is 5.75 Å². The van der Waals surface area contributed by atoms with Gasteiger partial charge in [-0.25, -0.2) is 13.1 Å². The Kier molecular flexibility index (Phi) is 6.00. The number of aryl methyl sites for hydroxylation is 1. The van der Waals surface area contributed by atoms with Crippen molar-refractivity contribution in [3.8, 4) is 5.75 Å². The molecule has 5 nitrogen and oxygen atoms in total. The second kappa shape index (κ2) is 8.33. The van der Waals surface area contributed by atoms with Crippen molar-refractivity contribution in [2.45, 2.75) is 69.9 Å². The highest BCUT2D eigenvalue weighted by Gasteiger charge is 2.37. The summed E-state index contributed by atoms with van der Waals surface area (Å²) in [5.41, 5.74) is 2.69. The van der Waals surface area contributed by atoms with E-state index in [-0.39, 0.29) is 12.0 Å². The molecule has 4 aliphatic rings. The number of ether oxygens (including phenoxy) is 2. The number of hydrogen-bond acceptors (Lipinski definition) is 4. The van der Waals surface area contributed by atoms with E-state index < -0.39 is 10.0 Å². The summed E-state index contributed by atoms with van der Waals surface area (Å²) in [4.78, 5) is 0. The first kappa shape index (κ1) is 20.2. The molecule has 0 spiro atoms. The van der Waals surface area contributed by atoms with Gasteiger partial charge in [-0.1, -0.05) is 18.6 Å². The molecular weight excluding hydrogens is 374 g/mol. The van der Waals surface area contributed by atoms with Gasteiger partial charge in [-0.3, -0.25) is 0 Å². The molecule has 0 radical (unpaired) electrons. The summed E-state index contributed by atoms with van der Waals surface area (Å²) < 4.78 is 39.4. The minimum Gasteiger partial charge on any atom is -0.493 e. The third kappa shape index (κ3) is 4.55. The minimum absolute atomic E-state index is 0.0615. The van der Waals surface area contributed by atoms with E-state index in [0.29, 0.717) is 31.2 Å². The van der Waals surface area contributed by atoms with Crippen molar-refractivity contribution < 1.29 is 17.9 Å². The quantitative estimate of drug-likeness (QED) is 0.811. The van der Waals surface area contributed by atoms with E-state index in [9.17, 15) is 8.42 Å². The Morgan fingerprint density at radius 1 is 1.04 bits per heavy atom. The highest BCUT2D eigenvalue weighted by atomic mass is 32.2. The van der Waals surface area contributed by atoms with Crippen LogP contribution in [0.25, 0.3) is 0 Å².